The van der Waals surface area contributed by atoms with E-state index in [2.05, 4.69) is 5.32 Å². The summed E-state index contributed by atoms with van der Waals surface area (Å²) in [5, 5.41) is 14.6. The normalized spacial score (nSPS) is 14.9. The first-order chi connectivity index (χ1) is 12.5. The molecule has 1 N–H and O–H groups in total. The molecule has 0 saturated carbocycles. The summed E-state index contributed by atoms with van der Waals surface area (Å²) in [6.07, 6.45) is 0. The molecule has 26 heavy (non-hydrogen) atoms. The molecule has 3 rings (SSSR count). The first kappa shape index (κ1) is 18.2. The van der Waals surface area contributed by atoms with Crippen molar-refractivity contribution in [2.45, 2.75) is 0 Å². The van der Waals surface area contributed by atoms with E-state index in [1.807, 2.05) is 9.80 Å². The Balaban J connectivity index is 1.53. The summed E-state index contributed by atoms with van der Waals surface area (Å²) in [7, 11) is 0. The lowest BCUT2D eigenvalue weighted by Crippen LogP contribution is -2.48. The van der Waals surface area contributed by atoms with Gasteiger partial charge < -0.3 is 10.2 Å². The van der Waals surface area contributed by atoms with Crippen LogP contribution in [-0.2, 0) is 4.79 Å². The number of hydrogen-bond donors (Lipinski definition) is 1. The van der Waals surface area contributed by atoms with Crippen LogP contribution in [0, 0.1) is 10.1 Å². The van der Waals surface area contributed by atoms with Gasteiger partial charge in [-0.2, -0.15) is 0 Å². The van der Waals surface area contributed by atoms with Gasteiger partial charge in [0, 0.05) is 43.0 Å². The average Bonchev–Trinajstić information content (AvgIpc) is 2.64. The van der Waals surface area contributed by atoms with E-state index in [-0.39, 0.29) is 23.1 Å². The van der Waals surface area contributed by atoms with Gasteiger partial charge in [0.1, 0.15) is 5.69 Å². The summed E-state index contributed by atoms with van der Waals surface area (Å²) in [4.78, 5) is 27.0. The highest BCUT2D eigenvalue weighted by Gasteiger charge is 2.24. The lowest BCUT2D eigenvalue weighted by Gasteiger charge is -2.35. The molecule has 1 amide bonds. The van der Waals surface area contributed by atoms with Gasteiger partial charge in [-0.3, -0.25) is 19.8 Å². The zero-order valence-corrected chi connectivity index (χ0v) is 14.9. The van der Waals surface area contributed by atoms with Crippen molar-refractivity contribution < 1.29 is 9.72 Å². The third kappa shape index (κ3) is 4.50. The molecule has 2 aromatic carbocycles. The number of carbonyl (C=O) groups is 1. The second-order valence-corrected chi connectivity index (χ2v) is 6.50. The zero-order chi connectivity index (χ0) is 18.5. The van der Waals surface area contributed by atoms with E-state index in [9.17, 15) is 14.9 Å². The third-order valence-electron chi connectivity index (χ3n) is 4.29. The molecule has 0 unspecified atom stereocenters. The van der Waals surface area contributed by atoms with E-state index in [1.165, 1.54) is 6.07 Å². The first-order valence-corrected chi connectivity index (χ1v) is 8.67. The number of nitrogens with zero attached hydrogens (tertiary/aromatic N) is 3. The number of nitro groups is 1. The van der Waals surface area contributed by atoms with Crippen molar-refractivity contribution in [3.05, 3.63) is 63.7 Å². The highest BCUT2D eigenvalue weighted by Crippen LogP contribution is 2.28. The maximum Gasteiger partial charge on any atom is 0.292 e. The van der Waals surface area contributed by atoms with Crippen molar-refractivity contribution in [3.8, 4) is 0 Å². The molecule has 0 bridgehead atoms. The van der Waals surface area contributed by atoms with Gasteiger partial charge in [0.05, 0.1) is 11.5 Å². The fraction of sp³-hybridized carbons (Fsp3) is 0.278. The van der Waals surface area contributed by atoms with Gasteiger partial charge in [0.15, 0.2) is 0 Å². The van der Waals surface area contributed by atoms with E-state index < -0.39 is 0 Å². The van der Waals surface area contributed by atoms with Crippen LogP contribution in [0.1, 0.15) is 0 Å². The fourth-order valence-electron chi connectivity index (χ4n) is 2.97. The number of para-hydroxylation sites is 2. The Kier molecular flexibility index (Phi) is 5.70. The molecule has 1 fully saturated rings. The highest BCUT2D eigenvalue weighted by atomic mass is 35.5. The number of nitro benzene ring substituents is 1. The van der Waals surface area contributed by atoms with Crippen molar-refractivity contribution in [2.75, 3.05) is 42.9 Å². The molecule has 136 valence electrons. The predicted molar refractivity (Wildman–Crippen MR) is 102 cm³/mol. The summed E-state index contributed by atoms with van der Waals surface area (Å²) in [6.45, 7) is 2.89. The Morgan fingerprint density at radius 1 is 1.08 bits per heavy atom. The number of rotatable bonds is 5. The molecule has 0 aromatic heterocycles. The fourth-order valence-corrected chi connectivity index (χ4v) is 3.10. The Morgan fingerprint density at radius 2 is 1.73 bits per heavy atom. The standard InChI is InChI=1S/C18H19ClN4O3/c19-14-5-7-15(8-6-14)20-18(24)13-21-9-11-22(12-10-21)16-3-1-2-4-17(16)23(25)26/h1-8H,9-13H2,(H,20,24). The largest absolute Gasteiger partial charge is 0.363 e. The summed E-state index contributed by atoms with van der Waals surface area (Å²) in [5.74, 6) is -0.0912. The van der Waals surface area contributed by atoms with Gasteiger partial charge in [0.25, 0.3) is 5.69 Å². The minimum atomic E-state index is -0.360. The molecule has 2 aromatic rings. The number of benzene rings is 2. The maximum atomic E-state index is 12.2. The third-order valence-corrected chi connectivity index (χ3v) is 4.54. The van der Waals surface area contributed by atoms with Gasteiger partial charge in [0.2, 0.25) is 5.91 Å². The van der Waals surface area contributed by atoms with Crippen LogP contribution >= 0.6 is 11.6 Å². The van der Waals surface area contributed by atoms with Gasteiger partial charge in [-0.05, 0) is 30.3 Å². The molecule has 0 aliphatic carbocycles. The van der Waals surface area contributed by atoms with Crippen LogP contribution in [0.15, 0.2) is 48.5 Å². The topological polar surface area (TPSA) is 78.7 Å². The summed E-state index contributed by atoms with van der Waals surface area (Å²) in [6, 6.07) is 13.7. The summed E-state index contributed by atoms with van der Waals surface area (Å²) >= 11 is 5.83. The van der Waals surface area contributed by atoms with Crippen LogP contribution in [0.25, 0.3) is 0 Å². The smallest absolute Gasteiger partial charge is 0.292 e. The lowest BCUT2D eigenvalue weighted by molar-refractivity contribution is -0.384. The van der Waals surface area contributed by atoms with Crippen molar-refractivity contribution in [3.63, 3.8) is 0 Å². The van der Waals surface area contributed by atoms with E-state index in [0.717, 1.165) is 0 Å². The van der Waals surface area contributed by atoms with Crippen LogP contribution in [-0.4, -0.2) is 48.5 Å². The molecule has 1 saturated heterocycles. The highest BCUT2D eigenvalue weighted by molar-refractivity contribution is 6.30. The molecule has 7 nitrogen and oxygen atoms in total. The minimum Gasteiger partial charge on any atom is -0.363 e. The van der Waals surface area contributed by atoms with Crippen LogP contribution in [0.4, 0.5) is 17.1 Å². The summed E-state index contributed by atoms with van der Waals surface area (Å²) in [5.41, 5.74) is 1.45. The SMILES string of the molecule is O=C(CN1CCN(c2ccccc2[N+](=O)[O-])CC1)Nc1ccc(Cl)cc1. The number of piperazine rings is 1. The maximum absolute atomic E-state index is 12.2. The van der Waals surface area contributed by atoms with E-state index in [0.29, 0.717) is 42.6 Å². The molecule has 1 aliphatic heterocycles. The minimum absolute atomic E-state index is 0.0912. The van der Waals surface area contributed by atoms with Crippen LogP contribution in [0.5, 0.6) is 0 Å². The van der Waals surface area contributed by atoms with Crippen LogP contribution in [0.3, 0.4) is 0 Å². The molecule has 1 aliphatic rings. The number of halogens is 1. The van der Waals surface area contributed by atoms with Crippen molar-refractivity contribution in [1.29, 1.82) is 0 Å². The number of amides is 1. The monoisotopic (exact) mass is 374 g/mol. The Labute approximate surface area is 156 Å². The Bertz CT molecular complexity index is 789. The first-order valence-electron chi connectivity index (χ1n) is 8.29. The van der Waals surface area contributed by atoms with Crippen LogP contribution < -0.4 is 10.2 Å². The molecule has 1 heterocycles. The number of nitrogens with one attached hydrogen (secondary N) is 1. The molecule has 0 radical (unpaired) electrons. The second-order valence-electron chi connectivity index (χ2n) is 6.06. The average molecular weight is 375 g/mol. The van der Waals surface area contributed by atoms with E-state index in [1.54, 1.807) is 42.5 Å². The molecule has 0 atom stereocenters. The number of carbonyl (C=O) groups excluding carboxylic acids is 1. The number of hydrogen-bond acceptors (Lipinski definition) is 5. The van der Waals surface area contributed by atoms with Crippen LogP contribution in [0.2, 0.25) is 5.02 Å². The van der Waals surface area contributed by atoms with Gasteiger partial charge in [-0.15, -0.1) is 0 Å². The predicted octanol–water partition coefficient (Wildman–Crippen LogP) is 3.01. The van der Waals surface area contributed by atoms with E-state index >= 15 is 0 Å². The van der Waals surface area contributed by atoms with Crippen molar-refractivity contribution in [2.24, 2.45) is 0 Å². The van der Waals surface area contributed by atoms with Gasteiger partial charge in [-0.1, -0.05) is 23.7 Å². The second kappa shape index (κ2) is 8.16. The van der Waals surface area contributed by atoms with Crippen molar-refractivity contribution in [1.82, 2.24) is 4.90 Å². The quantitative estimate of drug-likeness (QED) is 0.643. The molecule has 8 heteroatoms. The Morgan fingerprint density at radius 3 is 2.38 bits per heavy atom. The van der Waals surface area contributed by atoms with Gasteiger partial charge in [-0.25, -0.2) is 0 Å². The van der Waals surface area contributed by atoms with Crippen molar-refractivity contribution >= 4 is 34.6 Å². The molecular weight excluding hydrogens is 356 g/mol. The molecule has 0 spiro atoms. The lowest BCUT2D eigenvalue weighted by atomic mass is 10.2. The summed E-state index contributed by atoms with van der Waals surface area (Å²) < 4.78 is 0. The van der Waals surface area contributed by atoms with Gasteiger partial charge >= 0.3 is 0 Å². The zero-order valence-electron chi connectivity index (χ0n) is 14.1. The Hall–Kier alpha value is -2.64. The number of anilines is 2. The molecular formula is C18H19ClN4O3. The van der Waals surface area contributed by atoms with E-state index in [4.69, 9.17) is 11.6 Å².